The number of nitrogens with two attached hydrogens (primary N) is 1. The number of nitrogens with zero attached hydrogens (tertiary/aromatic N) is 2. The lowest BCUT2D eigenvalue weighted by Crippen LogP contribution is -2.43. The van der Waals surface area contributed by atoms with Crippen molar-refractivity contribution in [3.8, 4) is 0 Å². The molecule has 5 N–H and O–H groups in total. The van der Waals surface area contributed by atoms with Crippen molar-refractivity contribution in [1.82, 2.24) is 20.6 Å². The maximum atomic E-state index is 5.71. The molecule has 92 valence electrons. The quantitative estimate of drug-likeness (QED) is 0.580. The summed E-state index contributed by atoms with van der Waals surface area (Å²) < 4.78 is 0. The first-order chi connectivity index (χ1) is 8.29. The molecule has 0 bridgehead atoms. The lowest BCUT2D eigenvalue weighted by Gasteiger charge is -2.22. The fraction of sp³-hybridized carbons (Fsp3) is 0.455. The number of aromatic amines is 1. The maximum absolute atomic E-state index is 5.71. The van der Waals surface area contributed by atoms with Crippen molar-refractivity contribution in [1.29, 1.82) is 0 Å². The molecule has 1 aromatic heterocycles. The van der Waals surface area contributed by atoms with Gasteiger partial charge in [-0.05, 0) is 6.42 Å². The maximum Gasteiger partial charge on any atom is 0.172 e. The summed E-state index contributed by atoms with van der Waals surface area (Å²) in [6, 6.07) is 0. The van der Waals surface area contributed by atoms with Crippen LogP contribution in [0.1, 0.15) is 19.0 Å². The van der Waals surface area contributed by atoms with E-state index in [-0.39, 0.29) is 6.29 Å². The summed E-state index contributed by atoms with van der Waals surface area (Å²) in [5.74, 6) is 0.981. The predicted octanol–water partition coefficient (Wildman–Crippen LogP) is 0.0797. The number of hydrogen-bond donors (Lipinski definition) is 4. The van der Waals surface area contributed by atoms with Gasteiger partial charge in [0.1, 0.15) is 5.82 Å². The van der Waals surface area contributed by atoms with Gasteiger partial charge in [-0.3, -0.25) is 10.7 Å². The van der Waals surface area contributed by atoms with Gasteiger partial charge in [0.25, 0.3) is 0 Å². The van der Waals surface area contributed by atoms with Crippen LogP contribution < -0.4 is 16.4 Å². The summed E-state index contributed by atoms with van der Waals surface area (Å²) in [6.45, 7) is 2.92. The Morgan fingerprint density at radius 2 is 2.41 bits per heavy atom. The highest BCUT2D eigenvalue weighted by Crippen LogP contribution is 2.06. The zero-order valence-corrected chi connectivity index (χ0v) is 9.90. The monoisotopic (exact) mass is 234 g/mol. The van der Waals surface area contributed by atoms with Gasteiger partial charge in [0.2, 0.25) is 0 Å². The van der Waals surface area contributed by atoms with Gasteiger partial charge in [0.05, 0.1) is 6.33 Å². The van der Waals surface area contributed by atoms with Crippen molar-refractivity contribution in [3.05, 3.63) is 29.6 Å². The van der Waals surface area contributed by atoms with E-state index < -0.39 is 0 Å². The summed E-state index contributed by atoms with van der Waals surface area (Å²) >= 11 is 0. The van der Waals surface area contributed by atoms with Crippen LogP contribution in [-0.2, 0) is 6.42 Å². The Hall–Kier alpha value is -1.82. The molecule has 0 radical (unpaired) electrons. The molecule has 2 rings (SSSR count). The molecule has 1 aliphatic heterocycles. The highest BCUT2D eigenvalue weighted by molar-refractivity contribution is 5.80. The van der Waals surface area contributed by atoms with E-state index in [9.17, 15) is 0 Å². The second-order valence-electron chi connectivity index (χ2n) is 3.87. The van der Waals surface area contributed by atoms with E-state index >= 15 is 0 Å². The summed E-state index contributed by atoms with van der Waals surface area (Å²) in [6.07, 6.45) is 6.83. The van der Waals surface area contributed by atoms with Crippen LogP contribution in [0, 0.1) is 0 Å². The van der Waals surface area contributed by atoms with E-state index in [0.717, 1.165) is 36.5 Å². The zero-order valence-electron chi connectivity index (χ0n) is 9.90. The highest BCUT2D eigenvalue weighted by Gasteiger charge is 2.11. The Morgan fingerprint density at radius 3 is 3.12 bits per heavy atom. The average Bonchev–Trinajstić information content (AvgIpc) is 2.82. The number of nitrogens with one attached hydrogen (secondary N) is 3. The lowest BCUT2D eigenvalue weighted by molar-refractivity contribution is 0.556. The summed E-state index contributed by atoms with van der Waals surface area (Å²) in [5.41, 5.74) is 7.97. The van der Waals surface area contributed by atoms with Crippen LogP contribution in [0.2, 0.25) is 0 Å². The molecule has 0 spiro atoms. The number of rotatable bonds is 5. The average molecular weight is 234 g/mol. The van der Waals surface area contributed by atoms with Crippen LogP contribution in [0.25, 0.3) is 0 Å². The molecule has 6 nitrogen and oxygen atoms in total. The first-order valence-corrected chi connectivity index (χ1v) is 5.79. The van der Waals surface area contributed by atoms with Crippen molar-refractivity contribution in [2.75, 3.05) is 6.54 Å². The Bertz CT molecular complexity index is 406. The molecule has 0 fully saturated rings. The summed E-state index contributed by atoms with van der Waals surface area (Å²) in [7, 11) is 0. The number of allylic oxidation sites excluding steroid dienone is 1. The second kappa shape index (κ2) is 5.49. The van der Waals surface area contributed by atoms with E-state index in [1.54, 1.807) is 6.33 Å². The predicted molar refractivity (Wildman–Crippen MR) is 67.2 cm³/mol. The minimum atomic E-state index is -0.347. The van der Waals surface area contributed by atoms with Gasteiger partial charge in [-0.1, -0.05) is 6.92 Å². The smallest absolute Gasteiger partial charge is 0.172 e. The minimum absolute atomic E-state index is 0.347. The van der Waals surface area contributed by atoms with E-state index in [1.807, 2.05) is 12.4 Å². The van der Waals surface area contributed by atoms with Crippen molar-refractivity contribution in [2.24, 2.45) is 10.7 Å². The molecular formula is C11H18N6. The van der Waals surface area contributed by atoms with Crippen LogP contribution >= 0.6 is 0 Å². The van der Waals surface area contributed by atoms with Gasteiger partial charge < -0.3 is 15.6 Å². The normalized spacial score (nSPS) is 19.3. The molecule has 0 aromatic carbocycles. The van der Waals surface area contributed by atoms with Gasteiger partial charge in [0.15, 0.2) is 6.29 Å². The van der Waals surface area contributed by atoms with E-state index in [1.165, 1.54) is 0 Å². The van der Waals surface area contributed by atoms with Gasteiger partial charge in [-0.25, -0.2) is 4.98 Å². The molecule has 1 unspecified atom stereocenters. The van der Waals surface area contributed by atoms with E-state index in [4.69, 9.17) is 5.73 Å². The van der Waals surface area contributed by atoms with Gasteiger partial charge in [-0.2, -0.15) is 0 Å². The fourth-order valence-corrected chi connectivity index (χ4v) is 1.69. The largest absolute Gasteiger partial charge is 0.371 e. The molecule has 1 aromatic rings. The van der Waals surface area contributed by atoms with Gasteiger partial charge >= 0.3 is 0 Å². The third-order valence-corrected chi connectivity index (χ3v) is 2.64. The van der Waals surface area contributed by atoms with Gasteiger partial charge in [0, 0.05) is 36.6 Å². The Balaban J connectivity index is 1.88. The van der Waals surface area contributed by atoms with Crippen LogP contribution in [0.15, 0.2) is 28.9 Å². The fourth-order valence-electron chi connectivity index (χ4n) is 1.69. The van der Waals surface area contributed by atoms with Crippen molar-refractivity contribution in [3.63, 3.8) is 0 Å². The number of aromatic nitrogens is 2. The topological polar surface area (TPSA) is 91.1 Å². The van der Waals surface area contributed by atoms with Crippen LogP contribution in [-0.4, -0.2) is 29.0 Å². The first kappa shape index (κ1) is 11.7. The molecule has 0 aliphatic carbocycles. The van der Waals surface area contributed by atoms with Gasteiger partial charge in [-0.15, -0.1) is 0 Å². The molecule has 0 saturated carbocycles. The molecule has 0 saturated heterocycles. The Labute approximate surface area is 100 Å². The number of aliphatic imine (C=N–C) groups is 1. The molecule has 17 heavy (non-hydrogen) atoms. The lowest BCUT2D eigenvalue weighted by atomic mass is 10.2. The van der Waals surface area contributed by atoms with E-state index in [0.29, 0.717) is 0 Å². The number of imidazole rings is 1. The molecular weight excluding hydrogens is 216 g/mol. The SMILES string of the molecule is CCC1=C(NCCc2cnc[nH]2)NC(N)N=C1. The number of H-pyrrole nitrogens is 1. The van der Waals surface area contributed by atoms with Crippen LogP contribution in [0.3, 0.4) is 0 Å². The summed E-state index contributed by atoms with van der Waals surface area (Å²) in [4.78, 5) is 11.2. The molecule has 6 heteroatoms. The van der Waals surface area contributed by atoms with Crippen molar-refractivity contribution < 1.29 is 0 Å². The second-order valence-corrected chi connectivity index (χ2v) is 3.87. The third kappa shape index (κ3) is 3.07. The molecule has 2 heterocycles. The third-order valence-electron chi connectivity index (χ3n) is 2.64. The highest BCUT2D eigenvalue weighted by atomic mass is 15.2. The van der Waals surface area contributed by atoms with Crippen LogP contribution in [0.5, 0.6) is 0 Å². The molecule has 0 amide bonds. The van der Waals surface area contributed by atoms with Crippen molar-refractivity contribution in [2.45, 2.75) is 26.1 Å². The first-order valence-electron chi connectivity index (χ1n) is 5.79. The standard InChI is InChI=1S/C11H18N6/c1-2-8-5-15-11(12)17-10(8)14-4-3-9-6-13-7-16-9/h5-7,11,14,17H,2-4,12H2,1H3,(H,13,16). The van der Waals surface area contributed by atoms with Crippen molar-refractivity contribution >= 4 is 6.21 Å². The van der Waals surface area contributed by atoms with E-state index in [2.05, 4.69) is 32.5 Å². The Kier molecular flexibility index (Phi) is 3.77. The summed E-state index contributed by atoms with van der Waals surface area (Å²) in [5, 5.41) is 6.46. The molecule has 1 atom stereocenters. The zero-order chi connectivity index (χ0) is 12.1. The molecule has 1 aliphatic rings. The minimum Gasteiger partial charge on any atom is -0.371 e. The number of hydrogen-bond acceptors (Lipinski definition) is 5. The van der Waals surface area contributed by atoms with Crippen LogP contribution in [0.4, 0.5) is 0 Å². The Morgan fingerprint density at radius 1 is 1.53 bits per heavy atom.